The molecular formula is C25H32N2O11. The molecule has 1 aliphatic rings. The average Bonchev–Trinajstić information content (AvgIpc) is 2.89. The van der Waals surface area contributed by atoms with Crippen LogP contribution in [-0.4, -0.2) is 72.2 Å². The highest BCUT2D eigenvalue weighted by Crippen LogP contribution is 2.25. The van der Waals surface area contributed by atoms with Crippen molar-refractivity contribution in [2.24, 2.45) is 11.8 Å². The van der Waals surface area contributed by atoms with Gasteiger partial charge in [-0.05, 0) is 38.8 Å². The van der Waals surface area contributed by atoms with E-state index in [0.29, 0.717) is 5.56 Å². The van der Waals surface area contributed by atoms with E-state index >= 15 is 0 Å². The van der Waals surface area contributed by atoms with E-state index in [1.807, 2.05) is 0 Å². The summed E-state index contributed by atoms with van der Waals surface area (Å²) in [5.41, 5.74) is 0.00775. The number of cyclic esters (lactones) is 2. The molecule has 0 radical (unpaired) electrons. The Kier molecular flexibility index (Phi) is 10.7. The third-order valence-electron chi connectivity index (χ3n) is 5.72. The van der Waals surface area contributed by atoms with Crippen LogP contribution in [0.1, 0.15) is 57.1 Å². The number of pyridine rings is 1. The highest BCUT2D eigenvalue weighted by Gasteiger charge is 2.41. The number of ether oxygens (including phenoxy) is 5. The lowest BCUT2D eigenvalue weighted by atomic mass is 9.95. The van der Waals surface area contributed by atoms with Crippen LogP contribution in [0.3, 0.4) is 0 Å². The van der Waals surface area contributed by atoms with Crippen molar-refractivity contribution in [3.63, 3.8) is 0 Å². The largest absolute Gasteiger partial charge is 0.463 e. The Morgan fingerprint density at radius 1 is 1.18 bits per heavy atom. The predicted octanol–water partition coefficient (Wildman–Crippen LogP) is 1.04. The molecule has 0 bridgehead atoms. The Hall–Kier alpha value is -4.03. The predicted molar refractivity (Wildman–Crippen MR) is 127 cm³/mol. The van der Waals surface area contributed by atoms with Crippen LogP contribution in [0.5, 0.6) is 5.75 Å². The Morgan fingerprint density at radius 3 is 2.47 bits per heavy atom. The molecule has 1 N–H and O–H groups in total. The van der Waals surface area contributed by atoms with Crippen LogP contribution in [0.15, 0.2) is 12.3 Å². The van der Waals surface area contributed by atoms with Crippen molar-refractivity contribution in [1.82, 2.24) is 10.3 Å². The molecule has 0 saturated carbocycles. The van der Waals surface area contributed by atoms with E-state index in [1.54, 1.807) is 27.7 Å². The van der Waals surface area contributed by atoms with Crippen LogP contribution in [0.2, 0.25) is 0 Å². The van der Waals surface area contributed by atoms with Gasteiger partial charge in [0.2, 0.25) is 0 Å². The Labute approximate surface area is 219 Å². The third-order valence-corrected chi connectivity index (χ3v) is 5.72. The molecule has 0 spiro atoms. The van der Waals surface area contributed by atoms with Gasteiger partial charge in [0, 0.05) is 6.20 Å². The molecular weight excluding hydrogens is 504 g/mol. The summed E-state index contributed by atoms with van der Waals surface area (Å²) in [5, 5.41) is 2.38. The molecule has 38 heavy (non-hydrogen) atoms. The summed E-state index contributed by atoms with van der Waals surface area (Å²) in [6.07, 6.45) is -1.86. The zero-order valence-corrected chi connectivity index (χ0v) is 22.0. The van der Waals surface area contributed by atoms with Gasteiger partial charge in [0.25, 0.3) is 12.4 Å². The summed E-state index contributed by atoms with van der Waals surface area (Å²) in [7, 11) is 0. The monoisotopic (exact) mass is 536 g/mol. The number of nitrogens with one attached hydrogen (secondary N) is 1. The van der Waals surface area contributed by atoms with Gasteiger partial charge < -0.3 is 29.0 Å². The van der Waals surface area contributed by atoms with Crippen LogP contribution in [-0.2, 0) is 42.9 Å². The standard InChI is InChI=1S/C25H32N2O11/c1-7-16-20(38-22(30)12(2)3)14(5)36-25(33)17(10-34-24(16)32)27-21(29)18-19(13(4)8-9-26-18)37-23(31)15(6)35-11-28/h8-9,11-12,14-17,20H,7,10H2,1-6H3,(H,27,29). The highest BCUT2D eigenvalue weighted by atomic mass is 16.6. The van der Waals surface area contributed by atoms with E-state index in [4.69, 9.17) is 18.9 Å². The lowest BCUT2D eigenvalue weighted by molar-refractivity contribution is -0.176. The Balaban J connectivity index is 2.28. The van der Waals surface area contributed by atoms with Crippen molar-refractivity contribution in [1.29, 1.82) is 0 Å². The van der Waals surface area contributed by atoms with Crippen molar-refractivity contribution in [3.05, 3.63) is 23.5 Å². The minimum Gasteiger partial charge on any atom is -0.463 e. The fourth-order valence-corrected chi connectivity index (χ4v) is 3.47. The average molecular weight is 537 g/mol. The first-order chi connectivity index (χ1) is 17.9. The Morgan fingerprint density at radius 2 is 1.87 bits per heavy atom. The van der Waals surface area contributed by atoms with E-state index in [9.17, 15) is 28.8 Å². The fourth-order valence-electron chi connectivity index (χ4n) is 3.47. The maximum atomic E-state index is 13.1. The number of amides is 1. The van der Waals surface area contributed by atoms with Crippen molar-refractivity contribution in [2.75, 3.05) is 6.61 Å². The number of carbonyl (C=O) groups is 6. The summed E-state index contributed by atoms with van der Waals surface area (Å²) in [6, 6.07) is 0.0281. The van der Waals surface area contributed by atoms with Crippen LogP contribution in [0.25, 0.3) is 0 Å². The summed E-state index contributed by atoms with van der Waals surface area (Å²) >= 11 is 0. The number of hydrogen-bond acceptors (Lipinski definition) is 12. The summed E-state index contributed by atoms with van der Waals surface area (Å²) in [4.78, 5) is 77.8. The number of esters is 4. The van der Waals surface area contributed by atoms with E-state index < -0.39 is 72.6 Å². The van der Waals surface area contributed by atoms with E-state index in [2.05, 4.69) is 15.0 Å². The molecule has 5 unspecified atom stereocenters. The van der Waals surface area contributed by atoms with Crippen molar-refractivity contribution in [3.8, 4) is 5.75 Å². The first kappa shape index (κ1) is 30.2. The number of rotatable bonds is 9. The molecule has 1 aliphatic heterocycles. The maximum Gasteiger partial charge on any atom is 0.352 e. The quantitative estimate of drug-likeness (QED) is 0.270. The van der Waals surface area contributed by atoms with Gasteiger partial charge in [-0.25, -0.2) is 14.6 Å². The van der Waals surface area contributed by atoms with Gasteiger partial charge in [0.15, 0.2) is 29.7 Å². The molecule has 1 fully saturated rings. The van der Waals surface area contributed by atoms with E-state index in [-0.39, 0.29) is 24.3 Å². The molecule has 2 heterocycles. The van der Waals surface area contributed by atoms with Crippen LogP contribution in [0, 0.1) is 18.8 Å². The molecule has 1 amide bonds. The van der Waals surface area contributed by atoms with Gasteiger partial charge in [-0.1, -0.05) is 20.8 Å². The van der Waals surface area contributed by atoms with Gasteiger partial charge >= 0.3 is 23.9 Å². The van der Waals surface area contributed by atoms with E-state index in [1.165, 1.54) is 26.1 Å². The molecule has 0 aromatic carbocycles. The van der Waals surface area contributed by atoms with Gasteiger partial charge in [-0.3, -0.25) is 19.2 Å². The fraction of sp³-hybridized carbons (Fsp3) is 0.560. The number of carbonyl (C=O) groups excluding carboxylic acids is 6. The number of aryl methyl sites for hydroxylation is 1. The van der Waals surface area contributed by atoms with Gasteiger partial charge in [0.1, 0.15) is 12.7 Å². The van der Waals surface area contributed by atoms with Gasteiger partial charge in [0.05, 0.1) is 11.8 Å². The molecule has 13 heteroatoms. The van der Waals surface area contributed by atoms with Crippen LogP contribution < -0.4 is 10.1 Å². The van der Waals surface area contributed by atoms with Crippen LogP contribution >= 0.6 is 0 Å². The summed E-state index contributed by atoms with van der Waals surface area (Å²) < 4.78 is 26.0. The molecule has 5 atom stereocenters. The number of hydrogen-bond donors (Lipinski definition) is 1. The van der Waals surface area contributed by atoms with Gasteiger partial charge in [-0.15, -0.1) is 0 Å². The number of nitrogens with zero attached hydrogens (tertiary/aromatic N) is 1. The molecule has 2 rings (SSSR count). The minimum atomic E-state index is -1.45. The SMILES string of the molecule is CCC1C(=O)OCC(NC(=O)c2nccc(C)c2OC(=O)C(C)OC=O)C(=O)OC(C)C1OC(=O)C(C)C. The van der Waals surface area contributed by atoms with Crippen molar-refractivity contribution in [2.45, 2.75) is 72.3 Å². The lowest BCUT2D eigenvalue weighted by Gasteiger charge is -2.29. The molecule has 0 aliphatic carbocycles. The van der Waals surface area contributed by atoms with E-state index in [0.717, 1.165) is 0 Å². The lowest BCUT2D eigenvalue weighted by Crippen LogP contribution is -2.47. The summed E-state index contributed by atoms with van der Waals surface area (Å²) in [5.74, 6) is -5.75. The zero-order chi connectivity index (χ0) is 28.6. The molecule has 1 aromatic rings. The molecule has 13 nitrogen and oxygen atoms in total. The normalized spacial score (nSPS) is 22.5. The highest BCUT2D eigenvalue weighted by molar-refractivity contribution is 5.98. The Bertz CT molecular complexity index is 1070. The molecule has 1 aromatic heterocycles. The van der Waals surface area contributed by atoms with Crippen LogP contribution in [0.4, 0.5) is 0 Å². The first-order valence-corrected chi connectivity index (χ1v) is 12.1. The van der Waals surface area contributed by atoms with Gasteiger partial charge in [-0.2, -0.15) is 0 Å². The minimum absolute atomic E-state index is 0.0815. The third kappa shape index (κ3) is 7.49. The second-order valence-corrected chi connectivity index (χ2v) is 8.97. The summed E-state index contributed by atoms with van der Waals surface area (Å²) in [6.45, 7) is 8.76. The smallest absolute Gasteiger partial charge is 0.352 e. The second kappa shape index (κ2) is 13.5. The van der Waals surface area contributed by atoms with Crippen molar-refractivity contribution >= 4 is 36.3 Å². The first-order valence-electron chi connectivity index (χ1n) is 12.1. The second-order valence-electron chi connectivity index (χ2n) is 8.97. The topological polar surface area (TPSA) is 173 Å². The maximum absolute atomic E-state index is 13.1. The molecule has 1 saturated heterocycles. The molecule has 208 valence electrons. The van der Waals surface area contributed by atoms with Crippen molar-refractivity contribution < 1.29 is 52.5 Å². The number of aromatic nitrogens is 1. The zero-order valence-electron chi connectivity index (χ0n) is 22.0.